The molecule has 1 saturated carbocycles. The van der Waals surface area contributed by atoms with Crippen molar-refractivity contribution in [2.75, 3.05) is 20.3 Å². The Morgan fingerprint density at radius 2 is 1.94 bits per heavy atom. The molecule has 1 aliphatic carbocycles. The van der Waals surface area contributed by atoms with Gasteiger partial charge in [-0.3, -0.25) is 0 Å². The standard InChI is InChI=1S/C20H30O11/c1-20(2)28-7-10-11(31-20)4-8-9(17(25)26-3)6-27-18(13(8)10)30-19-16(24)15(23)14(22)12(5-21)29-19/h6,8,10-16,18-19,21-24H,4-5,7H2,1-3H3/t8-,10+,11+,12-,13-,14-,15+,16-,18+,19+/m1/s1. The number of hydrogen-bond donors (Lipinski definition) is 4. The van der Waals surface area contributed by atoms with E-state index in [0.717, 1.165) is 0 Å². The molecule has 3 heterocycles. The number of carbonyl (C=O) groups is 1. The van der Waals surface area contributed by atoms with Crippen molar-refractivity contribution in [1.29, 1.82) is 0 Å². The van der Waals surface area contributed by atoms with E-state index in [1.807, 2.05) is 13.8 Å². The molecule has 0 aromatic carbocycles. The van der Waals surface area contributed by atoms with Crippen LogP contribution in [0.1, 0.15) is 20.3 Å². The normalized spacial score (nSPS) is 46.4. The average Bonchev–Trinajstić information content (AvgIpc) is 3.11. The van der Waals surface area contributed by atoms with Crippen molar-refractivity contribution in [3.8, 4) is 0 Å². The van der Waals surface area contributed by atoms with Crippen LogP contribution < -0.4 is 0 Å². The van der Waals surface area contributed by atoms with Crippen LogP contribution in [0, 0.1) is 17.8 Å². The molecule has 4 aliphatic rings. The number of fused-ring (bicyclic) bond motifs is 3. The molecule has 0 unspecified atom stereocenters. The third-order valence-corrected chi connectivity index (χ3v) is 6.56. The first kappa shape index (κ1) is 22.9. The first-order valence-corrected chi connectivity index (χ1v) is 10.4. The van der Waals surface area contributed by atoms with Crippen molar-refractivity contribution in [3.05, 3.63) is 11.8 Å². The van der Waals surface area contributed by atoms with Crippen LogP contribution in [0.2, 0.25) is 0 Å². The lowest BCUT2D eigenvalue weighted by molar-refractivity contribution is -0.348. The van der Waals surface area contributed by atoms with Gasteiger partial charge in [-0.15, -0.1) is 0 Å². The average molecular weight is 446 g/mol. The van der Waals surface area contributed by atoms with Crippen molar-refractivity contribution >= 4 is 5.97 Å². The molecule has 10 atom stereocenters. The number of carbonyl (C=O) groups excluding carboxylic acids is 1. The van der Waals surface area contributed by atoms with Gasteiger partial charge in [0.25, 0.3) is 0 Å². The lowest BCUT2D eigenvalue weighted by atomic mass is 9.82. The van der Waals surface area contributed by atoms with Gasteiger partial charge in [-0.05, 0) is 20.3 Å². The summed E-state index contributed by atoms with van der Waals surface area (Å²) in [4.78, 5) is 12.3. The first-order valence-electron chi connectivity index (χ1n) is 10.4. The molecule has 176 valence electrons. The van der Waals surface area contributed by atoms with Crippen LogP contribution in [0.4, 0.5) is 0 Å². The summed E-state index contributed by atoms with van der Waals surface area (Å²) in [5.41, 5.74) is 0.358. The summed E-state index contributed by atoms with van der Waals surface area (Å²) in [6, 6.07) is 0. The number of aliphatic hydroxyl groups is 4. The Labute approximate surface area is 179 Å². The lowest BCUT2D eigenvalue weighted by Gasteiger charge is -2.44. The fourth-order valence-corrected chi connectivity index (χ4v) is 4.97. The minimum absolute atomic E-state index is 0.165. The van der Waals surface area contributed by atoms with Crippen LogP contribution in [-0.4, -0.2) is 95.6 Å². The summed E-state index contributed by atoms with van der Waals surface area (Å²) in [6.45, 7) is 3.42. The molecular weight excluding hydrogens is 416 g/mol. The smallest absolute Gasteiger partial charge is 0.337 e. The van der Waals surface area contributed by atoms with E-state index in [9.17, 15) is 25.2 Å². The lowest BCUT2D eigenvalue weighted by Crippen LogP contribution is -2.60. The predicted molar refractivity (Wildman–Crippen MR) is 99.8 cm³/mol. The zero-order valence-corrected chi connectivity index (χ0v) is 17.6. The quantitative estimate of drug-likeness (QED) is 0.378. The number of methoxy groups -OCH3 is 1. The molecule has 0 spiro atoms. The largest absolute Gasteiger partial charge is 0.472 e. The van der Waals surface area contributed by atoms with Crippen molar-refractivity contribution in [1.82, 2.24) is 0 Å². The van der Waals surface area contributed by atoms with Gasteiger partial charge in [0.1, 0.15) is 24.4 Å². The molecule has 0 aromatic rings. The molecule has 3 fully saturated rings. The molecule has 4 N–H and O–H groups in total. The zero-order chi connectivity index (χ0) is 22.5. The van der Waals surface area contributed by atoms with E-state index in [1.54, 1.807) is 0 Å². The van der Waals surface area contributed by atoms with Crippen LogP contribution in [0.25, 0.3) is 0 Å². The third kappa shape index (κ3) is 4.09. The predicted octanol–water partition coefficient (Wildman–Crippen LogP) is -1.38. The Kier molecular flexibility index (Phi) is 6.32. The summed E-state index contributed by atoms with van der Waals surface area (Å²) in [6.07, 6.45) is -6.47. The van der Waals surface area contributed by atoms with Crippen LogP contribution in [0.3, 0.4) is 0 Å². The fraction of sp³-hybridized carbons (Fsp3) is 0.850. The Morgan fingerprint density at radius 3 is 2.61 bits per heavy atom. The Hall–Kier alpha value is -1.31. The molecule has 3 aliphatic heterocycles. The van der Waals surface area contributed by atoms with E-state index in [0.29, 0.717) is 18.6 Å². The van der Waals surface area contributed by atoms with Crippen molar-refractivity contribution in [2.24, 2.45) is 17.8 Å². The summed E-state index contributed by atoms with van der Waals surface area (Å²) < 4.78 is 33.9. The number of rotatable bonds is 4. The molecule has 31 heavy (non-hydrogen) atoms. The molecular formula is C20H30O11. The molecule has 2 saturated heterocycles. The minimum atomic E-state index is -1.57. The minimum Gasteiger partial charge on any atom is -0.472 e. The molecule has 11 nitrogen and oxygen atoms in total. The number of aliphatic hydroxyl groups excluding tert-OH is 4. The van der Waals surface area contributed by atoms with E-state index in [1.165, 1.54) is 13.4 Å². The molecule has 0 amide bonds. The Balaban J connectivity index is 1.58. The van der Waals surface area contributed by atoms with Crippen LogP contribution in [-0.2, 0) is 33.2 Å². The maximum atomic E-state index is 12.3. The Morgan fingerprint density at radius 1 is 1.19 bits per heavy atom. The maximum Gasteiger partial charge on any atom is 0.337 e. The zero-order valence-electron chi connectivity index (χ0n) is 17.6. The maximum absolute atomic E-state index is 12.3. The second kappa shape index (κ2) is 8.56. The van der Waals surface area contributed by atoms with Gasteiger partial charge >= 0.3 is 5.97 Å². The van der Waals surface area contributed by atoms with Crippen molar-refractivity contribution < 1.29 is 53.6 Å². The molecule has 0 bridgehead atoms. The molecule has 0 aromatic heterocycles. The highest BCUT2D eigenvalue weighted by molar-refractivity contribution is 5.89. The molecule has 0 radical (unpaired) electrons. The number of hydrogen-bond acceptors (Lipinski definition) is 11. The number of ether oxygens (including phenoxy) is 6. The van der Waals surface area contributed by atoms with E-state index in [-0.39, 0.29) is 23.9 Å². The van der Waals surface area contributed by atoms with Gasteiger partial charge in [-0.25, -0.2) is 4.79 Å². The van der Waals surface area contributed by atoms with Gasteiger partial charge in [0.2, 0.25) is 6.29 Å². The van der Waals surface area contributed by atoms with Gasteiger partial charge in [0.15, 0.2) is 12.1 Å². The number of esters is 1. The van der Waals surface area contributed by atoms with Gasteiger partial charge < -0.3 is 48.8 Å². The van der Waals surface area contributed by atoms with Crippen LogP contribution >= 0.6 is 0 Å². The molecule has 4 rings (SSSR count). The first-order chi connectivity index (χ1) is 14.7. The monoisotopic (exact) mass is 446 g/mol. The van der Waals surface area contributed by atoms with Gasteiger partial charge in [-0.2, -0.15) is 0 Å². The van der Waals surface area contributed by atoms with Crippen molar-refractivity contribution in [2.45, 2.75) is 69.2 Å². The van der Waals surface area contributed by atoms with Gasteiger partial charge in [0, 0.05) is 17.8 Å². The SMILES string of the molecule is COC(=O)C1=CO[C@@H](O[C@@H]2O[C@H](CO)[C@@H](O)[C@H](O)[C@H]2O)[C@H]2[C@H]3COC(C)(C)O[C@H]3C[C@H]12. The fourth-order valence-electron chi connectivity index (χ4n) is 4.97. The topological polar surface area (TPSA) is 153 Å². The highest BCUT2D eigenvalue weighted by Crippen LogP contribution is 2.51. The molecule has 11 heteroatoms. The van der Waals surface area contributed by atoms with E-state index >= 15 is 0 Å². The second-order valence-electron chi connectivity index (χ2n) is 8.85. The van der Waals surface area contributed by atoms with Crippen LogP contribution in [0.15, 0.2) is 11.8 Å². The van der Waals surface area contributed by atoms with Gasteiger partial charge in [0.05, 0.1) is 38.3 Å². The highest BCUT2D eigenvalue weighted by atomic mass is 16.8. The van der Waals surface area contributed by atoms with Crippen LogP contribution in [0.5, 0.6) is 0 Å². The second-order valence-corrected chi connectivity index (χ2v) is 8.85. The third-order valence-electron chi connectivity index (χ3n) is 6.56. The Bertz CT molecular complexity index is 707. The summed E-state index contributed by atoms with van der Waals surface area (Å²) in [7, 11) is 1.29. The summed E-state index contributed by atoms with van der Waals surface area (Å²) in [5, 5.41) is 39.8. The van der Waals surface area contributed by atoms with Gasteiger partial charge in [-0.1, -0.05) is 0 Å². The van der Waals surface area contributed by atoms with Crippen molar-refractivity contribution in [3.63, 3.8) is 0 Å². The summed E-state index contributed by atoms with van der Waals surface area (Å²) >= 11 is 0. The van der Waals surface area contributed by atoms with E-state index in [4.69, 9.17) is 28.4 Å². The van der Waals surface area contributed by atoms with E-state index in [2.05, 4.69) is 0 Å². The highest BCUT2D eigenvalue weighted by Gasteiger charge is 2.57. The van der Waals surface area contributed by atoms with E-state index < -0.39 is 55.4 Å². The summed E-state index contributed by atoms with van der Waals surface area (Å²) in [5.74, 6) is -2.13.